The molecule has 2 N–H and O–H groups in total. The largest absolute Gasteiger partial charge is 0.497 e. The molecule has 0 atom stereocenters. The van der Waals surface area contributed by atoms with Gasteiger partial charge in [-0.2, -0.15) is 0 Å². The second-order valence-electron chi connectivity index (χ2n) is 4.31. The highest BCUT2D eigenvalue weighted by Crippen LogP contribution is 2.30. The van der Waals surface area contributed by atoms with Crippen molar-refractivity contribution in [1.82, 2.24) is 0 Å². The van der Waals surface area contributed by atoms with Crippen molar-refractivity contribution in [2.45, 2.75) is 13.8 Å². The Morgan fingerprint density at radius 2 is 1.67 bits per heavy atom. The summed E-state index contributed by atoms with van der Waals surface area (Å²) < 4.78 is 11.0. The van der Waals surface area contributed by atoms with E-state index in [-0.39, 0.29) is 0 Å². The number of hydrogen-bond acceptors (Lipinski definition) is 3. The average molecular weight is 243 g/mol. The van der Waals surface area contributed by atoms with E-state index in [1.807, 2.05) is 25.1 Å². The molecule has 0 aliphatic heterocycles. The predicted octanol–water partition coefficient (Wildman–Crippen LogP) is 3.69. The van der Waals surface area contributed by atoms with Crippen LogP contribution in [0.2, 0.25) is 0 Å². The molecule has 0 fully saturated rings. The van der Waals surface area contributed by atoms with Gasteiger partial charge in [0.2, 0.25) is 0 Å². The van der Waals surface area contributed by atoms with E-state index in [9.17, 15) is 0 Å². The van der Waals surface area contributed by atoms with Crippen molar-refractivity contribution < 1.29 is 9.47 Å². The summed E-state index contributed by atoms with van der Waals surface area (Å²) in [6.45, 7) is 4.08. The van der Waals surface area contributed by atoms with Gasteiger partial charge in [-0.3, -0.25) is 0 Å². The van der Waals surface area contributed by atoms with Gasteiger partial charge in [0.1, 0.15) is 17.2 Å². The van der Waals surface area contributed by atoms with E-state index in [0.717, 1.165) is 11.3 Å². The van der Waals surface area contributed by atoms with E-state index in [4.69, 9.17) is 15.2 Å². The fraction of sp³-hybridized carbons (Fsp3) is 0.200. The molecule has 2 aromatic rings. The first-order valence-electron chi connectivity index (χ1n) is 5.78. The van der Waals surface area contributed by atoms with Crippen LogP contribution >= 0.6 is 0 Å². The number of methoxy groups -OCH3 is 1. The molecular formula is C15H17NO2. The zero-order chi connectivity index (χ0) is 13.1. The number of ether oxygens (including phenoxy) is 2. The number of hydrogen-bond donors (Lipinski definition) is 1. The molecule has 2 rings (SSSR count). The Kier molecular flexibility index (Phi) is 3.42. The number of anilines is 1. The lowest BCUT2D eigenvalue weighted by Gasteiger charge is -2.11. The maximum absolute atomic E-state index is 5.83. The predicted molar refractivity (Wildman–Crippen MR) is 73.4 cm³/mol. The number of aryl methyl sites for hydroxylation is 2. The molecule has 0 unspecified atom stereocenters. The molecule has 3 nitrogen and oxygen atoms in total. The van der Waals surface area contributed by atoms with Crippen molar-refractivity contribution in [3.05, 3.63) is 47.5 Å². The summed E-state index contributed by atoms with van der Waals surface area (Å²) in [6, 6.07) is 11.4. The van der Waals surface area contributed by atoms with Gasteiger partial charge in [0.05, 0.1) is 7.11 Å². The zero-order valence-corrected chi connectivity index (χ0v) is 10.9. The van der Waals surface area contributed by atoms with Crippen LogP contribution in [0.1, 0.15) is 11.1 Å². The van der Waals surface area contributed by atoms with Crippen LogP contribution in [-0.4, -0.2) is 7.11 Å². The van der Waals surface area contributed by atoms with Crippen LogP contribution in [-0.2, 0) is 0 Å². The molecule has 0 bridgehead atoms. The van der Waals surface area contributed by atoms with Gasteiger partial charge >= 0.3 is 0 Å². The fourth-order valence-electron chi connectivity index (χ4n) is 1.81. The van der Waals surface area contributed by atoms with E-state index < -0.39 is 0 Å². The maximum Gasteiger partial charge on any atom is 0.133 e. The quantitative estimate of drug-likeness (QED) is 0.836. The van der Waals surface area contributed by atoms with Gasteiger partial charge in [-0.1, -0.05) is 17.7 Å². The molecule has 2 aromatic carbocycles. The van der Waals surface area contributed by atoms with Crippen LogP contribution in [0, 0.1) is 13.8 Å². The van der Waals surface area contributed by atoms with Crippen LogP contribution in [0.4, 0.5) is 5.69 Å². The summed E-state index contributed by atoms with van der Waals surface area (Å²) in [5, 5.41) is 0. The van der Waals surface area contributed by atoms with Crippen molar-refractivity contribution in [2.24, 2.45) is 0 Å². The van der Waals surface area contributed by atoms with E-state index in [0.29, 0.717) is 17.2 Å². The summed E-state index contributed by atoms with van der Waals surface area (Å²) in [5.74, 6) is 2.20. The molecule has 0 amide bonds. The van der Waals surface area contributed by atoms with Gasteiger partial charge in [-0.15, -0.1) is 0 Å². The minimum absolute atomic E-state index is 0.620. The summed E-state index contributed by atoms with van der Waals surface area (Å²) in [5.41, 5.74) is 8.72. The van der Waals surface area contributed by atoms with Crippen molar-refractivity contribution in [3.63, 3.8) is 0 Å². The van der Waals surface area contributed by atoms with E-state index in [1.54, 1.807) is 19.2 Å². The topological polar surface area (TPSA) is 44.5 Å². The lowest BCUT2D eigenvalue weighted by molar-refractivity contribution is 0.409. The highest BCUT2D eigenvalue weighted by Gasteiger charge is 2.04. The standard InChI is InChI=1S/C15H17NO2/c1-10-4-5-15(11(2)6-10)18-14-8-12(16)7-13(9-14)17-3/h4-9H,16H2,1-3H3. The molecule has 18 heavy (non-hydrogen) atoms. The highest BCUT2D eigenvalue weighted by molar-refractivity contribution is 5.52. The van der Waals surface area contributed by atoms with Gasteiger partial charge < -0.3 is 15.2 Å². The third-order valence-corrected chi connectivity index (χ3v) is 2.70. The Labute approximate surface area is 107 Å². The third-order valence-electron chi connectivity index (χ3n) is 2.70. The van der Waals surface area contributed by atoms with E-state index in [2.05, 4.69) is 13.0 Å². The monoisotopic (exact) mass is 243 g/mol. The van der Waals surface area contributed by atoms with E-state index in [1.165, 1.54) is 5.56 Å². The molecule has 0 spiro atoms. The SMILES string of the molecule is COc1cc(N)cc(Oc2ccc(C)cc2C)c1. The normalized spacial score (nSPS) is 10.2. The molecule has 0 aromatic heterocycles. The molecule has 3 heteroatoms. The second kappa shape index (κ2) is 5.00. The molecule has 0 radical (unpaired) electrons. The molecule has 0 saturated heterocycles. The highest BCUT2D eigenvalue weighted by atomic mass is 16.5. The lowest BCUT2D eigenvalue weighted by Crippen LogP contribution is -1.92. The Morgan fingerprint density at radius 1 is 0.944 bits per heavy atom. The summed E-state index contributed by atoms with van der Waals surface area (Å²) in [6.07, 6.45) is 0. The van der Waals surface area contributed by atoms with Gasteiger partial charge in [0.15, 0.2) is 0 Å². The van der Waals surface area contributed by atoms with Crippen molar-refractivity contribution in [1.29, 1.82) is 0 Å². The van der Waals surface area contributed by atoms with Gasteiger partial charge in [-0.25, -0.2) is 0 Å². The molecule has 0 aliphatic carbocycles. The first-order valence-corrected chi connectivity index (χ1v) is 5.78. The Bertz CT molecular complexity index is 564. The van der Waals surface area contributed by atoms with Crippen LogP contribution < -0.4 is 15.2 Å². The number of benzene rings is 2. The smallest absolute Gasteiger partial charge is 0.133 e. The van der Waals surface area contributed by atoms with Gasteiger partial charge in [0.25, 0.3) is 0 Å². The first-order chi connectivity index (χ1) is 8.58. The van der Waals surface area contributed by atoms with Crippen LogP contribution in [0.15, 0.2) is 36.4 Å². The van der Waals surface area contributed by atoms with Crippen LogP contribution in [0.25, 0.3) is 0 Å². The van der Waals surface area contributed by atoms with Crippen molar-refractivity contribution in [2.75, 3.05) is 12.8 Å². The maximum atomic E-state index is 5.83. The Hall–Kier alpha value is -2.16. The molecular weight excluding hydrogens is 226 g/mol. The number of nitrogen functional groups attached to an aromatic ring is 1. The van der Waals surface area contributed by atoms with Crippen LogP contribution in [0.3, 0.4) is 0 Å². The van der Waals surface area contributed by atoms with Gasteiger partial charge in [0, 0.05) is 23.9 Å². The Morgan fingerprint density at radius 3 is 2.33 bits per heavy atom. The average Bonchev–Trinajstić information content (AvgIpc) is 2.32. The minimum atomic E-state index is 0.620. The van der Waals surface area contributed by atoms with Crippen molar-refractivity contribution >= 4 is 5.69 Å². The molecule has 0 aliphatic rings. The number of rotatable bonds is 3. The molecule has 0 saturated carbocycles. The first kappa shape index (κ1) is 12.3. The van der Waals surface area contributed by atoms with Crippen LogP contribution in [0.5, 0.6) is 17.2 Å². The minimum Gasteiger partial charge on any atom is -0.497 e. The Balaban J connectivity index is 2.30. The number of nitrogens with two attached hydrogens (primary N) is 1. The second-order valence-corrected chi connectivity index (χ2v) is 4.31. The van der Waals surface area contributed by atoms with Gasteiger partial charge in [-0.05, 0) is 25.5 Å². The lowest BCUT2D eigenvalue weighted by atomic mass is 10.1. The third kappa shape index (κ3) is 2.74. The summed E-state index contributed by atoms with van der Waals surface area (Å²) in [4.78, 5) is 0. The zero-order valence-electron chi connectivity index (χ0n) is 10.9. The summed E-state index contributed by atoms with van der Waals surface area (Å²) >= 11 is 0. The molecule has 94 valence electrons. The van der Waals surface area contributed by atoms with Crippen molar-refractivity contribution in [3.8, 4) is 17.2 Å². The summed E-state index contributed by atoms with van der Waals surface area (Å²) in [7, 11) is 1.61. The fourth-order valence-corrected chi connectivity index (χ4v) is 1.81. The molecule has 0 heterocycles. The van der Waals surface area contributed by atoms with E-state index >= 15 is 0 Å².